The lowest BCUT2D eigenvalue weighted by molar-refractivity contribution is 0.630. The molecule has 0 aromatic heterocycles. The van der Waals surface area contributed by atoms with E-state index in [-0.39, 0.29) is 0 Å². The molecule has 0 amide bonds. The predicted octanol–water partition coefficient (Wildman–Crippen LogP) is 3.55. The van der Waals surface area contributed by atoms with Gasteiger partial charge in [0.05, 0.1) is 10.7 Å². The van der Waals surface area contributed by atoms with Crippen LogP contribution in [0.15, 0.2) is 18.2 Å². The van der Waals surface area contributed by atoms with Gasteiger partial charge in [0.15, 0.2) is 0 Å². The van der Waals surface area contributed by atoms with E-state index in [1.165, 1.54) is 0 Å². The van der Waals surface area contributed by atoms with Crippen LogP contribution in [0.3, 0.4) is 0 Å². The van der Waals surface area contributed by atoms with Gasteiger partial charge in [0.1, 0.15) is 0 Å². The quantitative estimate of drug-likeness (QED) is 0.796. The average molecular weight is 227 g/mol. The van der Waals surface area contributed by atoms with Crippen LogP contribution in [-0.2, 0) is 0 Å². The van der Waals surface area contributed by atoms with Gasteiger partial charge in [-0.2, -0.15) is 0 Å². The second-order valence-corrected chi connectivity index (χ2v) is 4.16. The maximum atomic E-state index is 6.18. The molecule has 1 aromatic carbocycles. The minimum absolute atomic E-state index is 0.496. The topological polar surface area (TPSA) is 29.3 Å². The van der Waals surface area contributed by atoms with E-state index in [4.69, 9.17) is 17.3 Å². The monoisotopic (exact) mass is 226 g/mol. The Kier molecular flexibility index (Phi) is 4.28. The van der Waals surface area contributed by atoms with Crippen molar-refractivity contribution in [3.8, 4) is 0 Å². The maximum absolute atomic E-state index is 6.18. The summed E-state index contributed by atoms with van der Waals surface area (Å²) in [5.74, 6) is 0. The molecule has 1 unspecified atom stereocenters. The van der Waals surface area contributed by atoms with Crippen molar-refractivity contribution in [2.24, 2.45) is 0 Å². The van der Waals surface area contributed by atoms with E-state index in [9.17, 15) is 0 Å². The van der Waals surface area contributed by atoms with Gasteiger partial charge < -0.3 is 10.6 Å². The van der Waals surface area contributed by atoms with Gasteiger partial charge in [-0.15, -0.1) is 0 Å². The highest BCUT2D eigenvalue weighted by Crippen LogP contribution is 2.29. The number of halogens is 1. The van der Waals surface area contributed by atoms with Crippen molar-refractivity contribution in [2.45, 2.75) is 33.2 Å². The largest absolute Gasteiger partial charge is 0.399 e. The third kappa shape index (κ3) is 2.78. The second kappa shape index (κ2) is 5.26. The van der Waals surface area contributed by atoms with E-state index in [0.717, 1.165) is 23.7 Å². The third-order valence-corrected chi connectivity index (χ3v) is 3.05. The zero-order valence-electron chi connectivity index (χ0n) is 9.63. The Bertz CT molecular complexity index is 325. The maximum Gasteiger partial charge on any atom is 0.0660 e. The molecule has 0 aliphatic rings. The Balaban J connectivity index is 3.01. The first-order chi connectivity index (χ1) is 7.10. The van der Waals surface area contributed by atoms with Crippen molar-refractivity contribution in [3.05, 3.63) is 23.2 Å². The molecule has 3 heteroatoms. The summed E-state index contributed by atoms with van der Waals surface area (Å²) in [6, 6.07) is 6.19. The van der Waals surface area contributed by atoms with Crippen molar-refractivity contribution in [1.82, 2.24) is 0 Å². The summed E-state index contributed by atoms with van der Waals surface area (Å²) in [4.78, 5) is 2.29. The molecule has 1 rings (SSSR count). The smallest absolute Gasteiger partial charge is 0.0660 e. The summed E-state index contributed by atoms with van der Waals surface area (Å²) in [5.41, 5.74) is 7.46. The van der Waals surface area contributed by atoms with Gasteiger partial charge in [0.2, 0.25) is 0 Å². The first kappa shape index (κ1) is 12.2. The van der Waals surface area contributed by atoms with Crippen molar-refractivity contribution in [3.63, 3.8) is 0 Å². The van der Waals surface area contributed by atoms with Gasteiger partial charge >= 0.3 is 0 Å². The lowest BCUT2D eigenvalue weighted by Gasteiger charge is -2.30. The van der Waals surface area contributed by atoms with Crippen LogP contribution < -0.4 is 10.6 Å². The van der Waals surface area contributed by atoms with Gasteiger partial charge in [-0.3, -0.25) is 0 Å². The minimum Gasteiger partial charge on any atom is -0.399 e. The molecule has 2 N–H and O–H groups in total. The van der Waals surface area contributed by atoms with Gasteiger partial charge in [0, 0.05) is 18.3 Å². The number of benzene rings is 1. The predicted molar refractivity (Wildman–Crippen MR) is 68.6 cm³/mol. The summed E-state index contributed by atoms with van der Waals surface area (Å²) >= 11 is 6.18. The summed E-state index contributed by atoms with van der Waals surface area (Å²) in [6.07, 6.45) is 1.11. The molecular weight excluding hydrogens is 208 g/mol. The Morgan fingerprint density at radius 1 is 1.40 bits per heavy atom. The number of hydrogen-bond acceptors (Lipinski definition) is 2. The van der Waals surface area contributed by atoms with E-state index in [1.807, 2.05) is 18.2 Å². The number of rotatable bonds is 4. The number of nitrogens with two attached hydrogens (primary N) is 1. The Labute approximate surface area is 97.0 Å². The van der Waals surface area contributed by atoms with Crippen LogP contribution in [0, 0.1) is 0 Å². The summed E-state index contributed by atoms with van der Waals surface area (Å²) in [6.45, 7) is 7.48. The van der Waals surface area contributed by atoms with Crippen molar-refractivity contribution in [1.29, 1.82) is 0 Å². The molecule has 2 nitrogen and oxygen atoms in total. The van der Waals surface area contributed by atoms with E-state index >= 15 is 0 Å². The van der Waals surface area contributed by atoms with E-state index < -0.39 is 0 Å². The molecule has 0 heterocycles. The van der Waals surface area contributed by atoms with Crippen molar-refractivity contribution in [2.75, 3.05) is 17.2 Å². The van der Waals surface area contributed by atoms with Crippen LogP contribution in [0.1, 0.15) is 27.2 Å². The first-order valence-corrected chi connectivity index (χ1v) is 5.79. The molecule has 15 heavy (non-hydrogen) atoms. The van der Waals surface area contributed by atoms with Crippen LogP contribution in [0.5, 0.6) is 0 Å². The molecular formula is C12H19ClN2. The lowest BCUT2D eigenvalue weighted by Crippen LogP contribution is -2.32. The molecule has 0 saturated heterocycles. The zero-order valence-corrected chi connectivity index (χ0v) is 10.4. The zero-order chi connectivity index (χ0) is 11.4. The normalized spacial score (nSPS) is 12.5. The van der Waals surface area contributed by atoms with Crippen LogP contribution in [0.25, 0.3) is 0 Å². The third-order valence-electron chi connectivity index (χ3n) is 2.74. The highest BCUT2D eigenvalue weighted by Gasteiger charge is 2.13. The molecule has 0 spiro atoms. The highest BCUT2D eigenvalue weighted by molar-refractivity contribution is 6.33. The van der Waals surface area contributed by atoms with Gasteiger partial charge in [-0.25, -0.2) is 0 Å². The van der Waals surface area contributed by atoms with Crippen LogP contribution >= 0.6 is 11.6 Å². The van der Waals surface area contributed by atoms with E-state index in [1.54, 1.807) is 0 Å². The number of hydrogen-bond donors (Lipinski definition) is 1. The molecule has 0 aliphatic carbocycles. The second-order valence-electron chi connectivity index (χ2n) is 3.75. The number of nitrogen functional groups attached to an aromatic ring is 1. The van der Waals surface area contributed by atoms with Crippen LogP contribution in [0.4, 0.5) is 11.4 Å². The SMILES string of the molecule is CCC(C)N(CC)c1ccc(N)cc1Cl. The fourth-order valence-electron chi connectivity index (χ4n) is 1.70. The summed E-state index contributed by atoms with van der Waals surface area (Å²) < 4.78 is 0. The van der Waals surface area contributed by atoms with E-state index in [0.29, 0.717) is 11.7 Å². The molecule has 0 fully saturated rings. The van der Waals surface area contributed by atoms with Crippen LogP contribution in [-0.4, -0.2) is 12.6 Å². The average Bonchev–Trinajstić information content (AvgIpc) is 2.21. The molecule has 0 aliphatic heterocycles. The Hall–Kier alpha value is -0.890. The van der Waals surface area contributed by atoms with Crippen molar-refractivity contribution < 1.29 is 0 Å². The molecule has 0 bridgehead atoms. The van der Waals surface area contributed by atoms with Crippen LogP contribution in [0.2, 0.25) is 5.02 Å². The molecule has 0 saturated carbocycles. The molecule has 84 valence electrons. The fourth-order valence-corrected chi connectivity index (χ4v) is 1.99. The Morgan fingerprint density at radius 3 is 2.53 bits per heavy atom. The summed E-state index contributed by atoms with van der Waals surface area (Å²) in [5, 5.41) is 0.733. The van der Waals surface area contributed by atoms with Gasteiger partial charge in [0.25, 0.3) is 0 Å². The van der Waals surface area contributed by atoms with Gasteiger partial charge in [-0.05, 0) is 38.5 Å². The number of anilines is 2. The molecule has 1 atom stereocenters. The molecule has 1 aromatic rings. The highest BCUT2D eigenvalue weighted by atomic mass is 35.5. The fraction of sp³-hybridized carbons (Fsp3) is 0.500. The molecule has 0 radical (unpaired) electrons. The van der Waals surface area contributed by atoms with Gasteiger partial charge in [-0.1, -0.05) is 18.5 Å². The van der Waals surface area contributed by atoms with Crippen molar-refractivity contribution >= 4 is 23.0 Å². The lowest BCUT2D eigenvalue weighted by atomic mass is 10.2. The van der Waals surface area contributed by atoms with E-state index in [2.05, 4.69) is 25.7 Å². The Morgan fingerprint density at radius 2 is 2.07 bits per heavy atom. The first-order valence-electron chi connectivity index (χ1n) is 5.41. The number of nitrogens with zero attached hydrogens (tertiary/aromatic N) is 1. The minimum atomic E-state index is 0.496. The standard InChI is InChI=1S/C12H19ClN2/c1-4-9(3)15(5-2)12-7-6-10(14)8-11(12)13/h6-9H,4-5,14H2,1-3H3. The summed E-state index contributed by atoms with van der Waals surface area (Å²) in [7, 11) is 0.